The minimum Gasteiger partial charge on any atom is -0.493 e. The van der Waals surface area contributed by atoms with Crippen LogP contribution in [0.5, 0.6) is 11.5 Å². The van der Waals surface area contributed by atoms with Crippen molar-refractivity contribution in [1.82, 2.24) is 10.2 Å². The largest absolute Gasteiger partial charge is 0.493 e. The number of ether oxygens (including phenoxy) is 4. The molecule has 0 saturated carbocycles. The predicted octanol–water partition coefficient (Wildman–Crippen LogP) is 3.24. The highest BCUT2D eigenvalue weighted by Crippen LogP contribution is 2.36. The van der Waals surface area contributed by atoms with E-state index in [4.69, 9.17) is 18.9 Å². The van der Waals surface area contributed by atoms with Gasteiger partial charge in [0.1, 0.15) is 12.7 Å². The van der Waals surface area contributed by atoms with Gasteiger partial charge in [0.15, 0.2) is 11.5 Å². The van der Waals surface area contributed by atoms with Crippen molar-refractivity contribution in [1.29, 1.82) is 0 Å². The number of rotatable bonds is 7. The van der Waals surface area contributed by atoms with E-state index in [1.807, 2.05) is 30.3 Å². The first-order chi connectivity index (χ1) is 14.3. The Morgan fingerprint density at radius 1 is 1.10 bits per heavy atom. The van der Waals surface area contributed by atoms with Gasteiger partial charge in [-0.1, -0.05) is 30.3 Å². The molecule has 1 unspecified atom stereocenters. The number of benzene rings is 2. The van der Waals surface area contributed by atoms with Crippen molar-refractivity contribution in [2.75, 3.05) is 52.0 Å². The SMILES string of the molecule is COCCOc1cc2c(N3CCOC(c4ccccc4)C3)cnnc2cc1OC. The van der Waals surface area contributed by atoms with E-state index in [0.29, 0.717) is 31.3 Å². The highest BCUT2D eigenvalue weighted by molar-refractivity contribution is 5.93. The van der Waals surface area contributed by atoms with Gasteiger partial charge in [0.2, 0.25) is 0 Å². The summed E-state index contributed by atoms with van der Waals surface area (Å²) in [6.45, 7) is 3.13. The van der Waals surface area contributed by atoms with E-state index >= 15 is 0 Å². The van der Waals surface area contributed by atoms with Crippen molar-refractivity contribution >= 4 is 16.6 Å². The van der Waals surface area contributed by atoms with Gasteiger partial charge >= 0.3 is 0 Å². The molecule has 4 rings (SSSR count). The van der Waals surface area contributed by atoms with E-state index in [-0.39, 0.29) is 6.10 Å². The molecule has 1 aliphatic rings. The second-order valence-electron chi connectivity index (χ2n) is 6.81. The van der Waals surface area contributed by atoms with Crippen molar-refractivity contribution in [2.24, 2.45) is 0 Å². The molecule has 2 aromatic carbocycles. The number of hydrogen-bond acceptors (Lipinski definition) is 7. The van der Waals surface area contributed by atoms with Gasteiger partial charge in [-0.2, -0.15) is 10.2 Å². The Kier molecular flexibility index (Phi) is 6.07. The summed E-state index contributed by atoms with van der Waals surface area (Å²) in [6, 6.07) is 14.1. The van der Waals surface area contributed by atoms with Crippen LogP contribution in [0.1, 0.15) is 11.7 Å². The van der Waals surface area contributed by atoms with Crippen molar-refractivity contribution in [3.8, 4) is 11.5 Å². The quantitative estimate of drug-likeness (QED) is 0.569. The third-order valence-corrected chi connectivity index (χ3v) is 5.03. The van der Waals surface area contributed by atoms with Crippen molar-refractivity contribution in [3.05, 3.63) is 54.2 Å². The van der Waals surface area contributed by atoms with E-state index < -0.39 is 0 Å². The van der Waals surface area contributed by atoms with Crippen LogP contribution in [0.2, 0.25) is 0 Å². The summed E-state index contributed by atoms with van der Waals surface area (Å²) in [4.78, 5) is 2.30. The maximum absolute atomic E-state index is 6.02. The van der Waals surface area contributed by atoms with E-state index in [0.717, 1.165) is 29.7 Å². The molecule has 1 fully saturated rings. The molecule has 1 aromatic heterocycles. The Hall–Kier alpha value is -2.90. The molecule has 7 heteroatoms. The minimum absolute atomic E-state index is 0.0174. The van der Waals surface area contributed by atoms with Crippen LogP contribution in [0, 0.1) is 0 Å². The Labute approximate surface area is 170 Å². The van der Waals surface area contributed by atoms with E-state index in [1.165, 1.54) is 5.56 Å². The molecule has 0 N–H and O–H groups in total. The van der Waals surface area contributed by atoms with Gasteiger partial charge in [-0.15, -0.1) is 0 Å². The fourth-order valence-corrected chi connectivity index (χ4v) is 3.55. The number of hydrogen-bond donors (Lipinski definition) is 0. The molecule has 2 heterocycles. The average Bonchev–Trinajstić information content (AvgIpc) is 2.79. The molecule has 0 aliphatic carbocycles. The van der Waals surface area contributed by atoms with Crippen LogP contribution < -0.4 is 14.4 Å². The first-order valence-electron chi connectivity index (χ1n) is 9.67. The second kappa shape index (κ2) is 9.07. The summed E-state index contributed by atoms with van der Waals surface area (Å²) in [5, 5.41) is 9.48. The van der Waals surface area contributed by atoms with Crippen LogP contribution in [0.3, 0.4) is 0 Å². The summed E-state index contributed by atoms with van der Waals surface area (Å²) in [5.41, 5.74) is 2.95. The molecular weight excluding hydrogens is 370 g/mol. The van der Waals surface area contributed by atoms with E-state index in [9.17, 15) is 0 Å². The van der Waals surface area contributed by atoms with Crippen LogP contribution in [0.4, 0.5) is 5.69 Å². The first kappa shape index (κ1) is 19.4. The average molecular weight is 395 g/mol. The summed E-state index contributed by atoms with van der Waals surface area (Å²) < 4.78 is 22.4. The number of aromatic nitrogens is 2. The fourth-order valence-electron chi connectivity index (χ4n) is 3.55. The van der Waals surface area contributed by atoms with E-state index in [2.05, 4.69) is 27.2 Å². The summed E-state index contributed by atoms with van der Waals surface area (Å²) in [5.74, 6) is 1.29. The monoisotopic (exact) mass is 395 g/mol. The van der Waals surface area contributed by atoms with E-state index in [1.54, 1.807) is 20.4 Å². The Morgan fingerprint density at radius 2 is 1.97 bits per heavy atom. The zero-order valence-electron chi connectivity index (χ0n) is 16.7. The lowest BCUT2D eigenvalue weighted by Crippen LogP contribution is -2.38. The Morgan fingerprint density at radius 3 is 2.76 bits per heavy atom. The van der Waals surface area contributed by atoms with Gasteiger partial charge in [0.25, 0.3) is 0 Å². The van der Waals surface area contributed by atoms with Gasteiger partial charge in [-0.05, 0) is 11.6 Å². The van der Waals surface area contributed by atoms with Gasteiger partial charge < -0.3 is 23.8 Å². The normalized spacial score (nSPS) is 16.8. The van der Waals surface area contributed by atoms with Crippen molar-refractivity contribution < 1.29 is 18.9 Å². The van der Waals surface area contributed by atoms with Crippen LogP contribution in [-0.4, -0.2) is 57.3 Å². The van der Waals surface area contributed by atoms with Crippen LogP contribution >= 0.6 is 0 Å². The second-order valence-corrected chi connectivity index (χ2v) is 6.81. The molecule has 1 aliphatic heterocycles. The lowest BCUT2D eigenvalue weighted by atomic mass is 10.1. The molecule has 1 atom stereocenters. The van der Waals surface area contributed by atoms with Crippen LogP contribution in [0.15, 0.2) is 48.7 Å². The lowest BCUT2D eigenvalue weighted by Gasteiger charge is -2.35. The minimum atomic E-state index is 0.0174. The number of nitrogens with zero attached hydrogens (tertiary/aromatic N) is 3. The highest BCUT2D eigenvalue weighted by Gasteiger charge is 2.24. The third-order valence-electron chi connectivity index (χ3n) is 5.03. The van der Waals surface area contributed by atoms with Crippen molar-refractivity contribution in [3.63, 3.8) is 0 Å². The zero-order valence-corrected chi connectivity index (χ0v) is 16.7. The molecule has 7 nitrogen and oxygen atoms in total. The Bertz CT molecular complexity index is 951. The van der Waals surface area contributed by atoms with Gasteiger partial charge in [-0.25, -0.2) is 0 Å². The third kappa shape index (κ3) is 4.26. The topological polar surface area (TPSA) is 65.9 Å². The maximum atomic E-state index is 6.02. The van der Waals surface area contributed by atoms with Crippen LogP contribution in [-0.2, 0) is 9.47 Å². The molecule has 0 amide bonds. The summed E-state index contributed by atoms with van der Waals surface area (Å²) in [7, 11) is 3.27. The molecule has 0 spiro atoms. The predicted molar refractivity (Wildman–Crippen MR) is 111 cm³/mol. The van der Waals surface area contributed by atoms with Crippen molar-refractivity contribution in [2.45, 2.75) is 6.10 Å². The molecule has 0 radical (unpaired) electrons. The molecule has 29 heavy (non-hydrogen) atoms. The number of methoxy groups -OCH3 is 2. The maximum Gasteiger partial charge on any atom is 0.163 e. The molecule has 0 bridgehead atoms. The molecule has 3 aromatic rings. The smallest absolute Gasteiger partial charge is 0.163 e. The summed E-state index contributed by atoms with van der Waals surface area (Å²) >= 11 is 0. The molecule has 152 valence electrons. The van der Waals surface area contributed by atoms with Gasteiger partial charge in [0, 0.05) is 31.7 Å². The number of fused-ring (bicyclic) bond motifs is 1. The Balaban J connectivity index is 1.66. The standard InChI is InChI=1S/C22H25N3O4/c1-26-10-11-29-21-12-17-18(13-20(21)27-2)24-23-14-19(17)25-8-9-28-22(15-25)16-6-4-3-5-7-16/h3-7,12-14,22H,8-11,15H2,1-2H3. The van der Waals surface area contributed by atoms with Crippen LogP contribution in [0.25, 0.3) is 10.9 Å². The molecule has 1 saturated heterocycles. The van der Waals surface area contributed by atoms with Gasteiger partial charge in [0.05, 0.1) is 37.7 Å². The number of anilines is 1. The lowest BCUT2D eigenvalue weighted by molar-refractivity contribution is 0.0399. The zero-order chi connectivity index (χ0) is 20.1. The fraction of sp³-hybridized carbons (Fsp3) is 0.364. The molecular formula is C22H25N3O4. The van der Waals surface area contributed by atoms with Gasteiger partial charge in [-0.3, -0.25) is 0 Å². The number of morpholine rings is 1. The highest BCUT2D eigenvalue weighted by atomic mass is 16.5. The summed E-state index contributed by atoms with van der Waals surface area (Å²) in [6.07, 6.45) is 1.82. The first-order valence-corrected chi connectivity index (χ1v) is 9.67.